The van der Waals surface area contributed by atoms with Gasteiger partial charge in [-0.15, -0.1) is 11.3 Å². The van der Waals surface area contributed by atoms with Gasteiger partial charge in [-0.05, 0) is 24.8 Å². The van der Waals surface area contributed by atoms with Crippen LogP contribution in [0.5, 0.6) is 0 Å². The Morgan fingerprint density at radius 2 is 2.22 bits per heavy atom. The smallest absolute Gasteiger partial charge is 0.223 e. The van der Waals surface area contributed by atoms with Gasteiger partial charge in [-0.25, -0.2) is 4.98 Å². The van der Waals surface area contributed by atoms with Crippen molar-refractivity contribution >= 4 is 33.3 Å². The predicted molar refractivity (Wildman–Crippen MR) is 79.1 cm³/mol. The molecule has 0 saturated carbocycles. The van der Waals surface area contributed by atoms with E-state index in [9.17, 15) is 0 Å². The second-order valence-corrected chi connectivity index (χ2v) is 5.51. The number of nitrogens with one attached hydrogen (secondary N) is 1. The van der Waals surface area contributed by atoms with Crippen LogP contribution >= 0.6 is 11.3 Å². The van der Waals surface area contributed by atoms with Crippen LogP contribution in [-0.4, -0.2) is 16.0 Å². The van der Waals surface area contributed by atoms with E-state index in [1.54, 1.807) is 11.3 Å². The summed E-state index contributed by atoms with van der Waals surface area (Å²) >= 11 is 1.59. The third-order valence-electron chi connectivity index (χ3n) is 2.97. The van der Waals surface area contributed by atoms with Crippen molar-refractivity contribution in [2.24, 2.45) is 0 Å². The number of anilines is 2. The Labute approximate surface area is 112 Å². The predicted octanol–water partition coefficient (Wildman–Crippen LogP) is 3.65. The lowest BCUT2D eigenvalue weighted by molar-refractivity contribution is 0.614. The molecule has 0 aromatic carbocycles. The molecule has 0 fully saturated rings. The Kier molecular flexibility index (Phi) is 4.36. The first-order valence-electron chi connectivity index (χ1n) is 6.48. The summed E-state index contributed by atoms with van der Waals surface area (Å²) in [7, 11) is 0. The Balaban J connectivity index is 2.08. The highest BCUT2D eigenvalue weighted by Crippen LogP contribution is 2.26. The van der Waals surface area contributed by atoms with E-state index in [4.69, 9.17) is 5.73 Å². The lowest BCUT2D eigenvalue weighted by Crippen LogP contribution is -2.16. The maximum atomic E-state index is 5.73. The summed E-state index contributed by atoms with van der Waals surface area (Å²) in [5.74, 6) is 1.20. The van der Waals surface area contributed by atoms with E-state index in [0.29, 0.717) is 12.0 Å². The first kappa shape index (κ1) is 13.1. The fraction of sp³-hybridized carbons (Fsp3) is 0.538. The molecule has 0 aliphatic rings. The Morgan fingerprint density at radius 3 is 3.00 bits per heavy atom. The van der Waals surface area contributed by atoms with Crippen molar-refractivity contribution in [3.8, 4) is 0 Å². The molecule has 1 unspecified atom stereocenters. The van der Waals surface area contributed by atoms with E-state index in [1.165, 1.54) is 19.3 Å². The number of thiophene rings is 1. The number of aromatic nitrogens is 2. The van der Waals surface area contributed by atoms with Gasteiger partial charge in [-0.1, -0.05) is 26.2 Å². The summed E-state index contributed by atoms with van der Waals surface area (Å²) < 4.78 is 0. The molecule has 2 heterocycles. The molecule has 0 amide bonds. The summed E-state index contributed by atoms with van der Waals surface area (Å²) in [4.78, 5) is 9.48. The average Bonchev–Trinajstić information content (AvgIpc) is 2.77. The molecule has 1 atom stereocenters. The summed E-state index contributed by atoms with van der Waals surface area (Å²) in [6, 6.07) is 2.45. The molecule has 98 valence electrons. The molecule has 0 aliphatic heterocycles. The van der Waals surface area contributed by atoms with Gasteiger partial charge in [-0.3, -0.25) is 0 Å². The van der Waals surface area contributed by atoms with Gasteiger partial charge < -0.3 is 11.1 Å². The van der Waals surface area contributed by atoms with Gasteiger partial charge in [-0.2, -0.15) is 4.98 Å². The minimum Gasteiger partial charge on any atom is -0.368 e. The monoisotopic (exact) mass is 264 g/mol. The molecular formula is C13H20N4S. The fourth-order valence-electron chi connectivity index (χ4n) is 1.99. The molecule has 5 heteroatoms. The van der Waals surface area contributed by atoms with Gasteiger partial charge in [0.15, 0.2) is 0 Å². The van der Waals surface area contributed by atoms with Gasteiger partial charge in [0, 0.05) is 6.04 Å². The number of fused-ring (bicyclic) bond motifs is 1. The first-order valence-corrected chi connectivity index (χ1v) is 7.36. The van der Waals surface area contributed by atoms with Crippen LogP contribution in [0.2, 0.25) is 0 Å². The number of hydrogen-bond acceptors (Lipinski definition) is 5. The topological polar surface area (TPSA) is 63.8 Å². The third kappa shape index (κ3) is 3.10. The van der Waals surface area contributed by atoms with E-state index in [-0.39, 0.29) is 0 Å². The number of nitrogens with two attached hydrogens (primary N) is 1. The Bertz CT molecular complexity index is 509. The molecule has 18 heavy (non-hydrogen) atoms. The van der Waals surface area contributed by atoms with Crippen LogP contribution in [0, 0.1) is 0 Å². The molecule has 0 aliphatic carbocycles. The van der Waals surface area contributed by atoms with E-state index < -0.39 is 0 Å². The van der Waals surface area contributed by atoms with Crippen molar-refractivity contribution in [3.63, 3.8) is 0 Å². The van der Waals surface area contributed by atoms with Gasteiger partial charge in [0.05, 0.1) is 5.39 Å². The number of unbranched alkanes of at least 4 members (excludes halogenated alkanes) is 2. The summed E-state index contributed by atoms with van der Waals surface area (Å²) in [5, 5.41) is 6.53. The quantitative estimate of drug-likeness (QED) is 0.782. The molecule has 2 aromatic heterocycles. The zero-order valence-corrected chi connectivity index (χ0v) is 11.8. The largest absolute Gasteiger partial charge is 0.368 e. The molecule has 0 bridgehead atoms. The van der Waals surface area contributed by atoms with Crippen LogP contribution in [0.4, 0.5) is 11.8 Å². The summed E-state index contributed by atoms with van der Waals surface area (Å²) in [5.41, 5.74) is 5.73. The fourth-order valence-corrected chi connectivity index (χ4v) is 2.76. The van der Waals surface area contributed by atoms with Crippen molar-refractivity contribution in [1.82, 2.24) is 9.97 Å². The molecule has 3 N–H and O–H groups in total. The second kappa shape index (κ2) is 6.00. The van der Waals surface area contributed by atoms with Crippen LogP contribution in [0.3, 0.4) is 0 Å². The summed E-state index contributed by atoms with van der Waals surface area (Å²) in [6.07, 6.45) is 4.94. The van der Waals surface area contributed by atoms with Gasteiger partial charge in [0.25, 0.3) is 0 Å². The van der Waals surface area contributed by atoms with E-state index in [0.717, 1.165) is 22.5 Å². The minimum atomic E-state index is 0.341. The maximum absolute atomic E-state index is 5.73. The van der Waals surface area contributed by atoms with Crippen molar-refractivity contribution in [2.75, 3.05) is 11.1 Å². The Hall–Kier alpha value is -1.36. The SMILES string of the molecule is CCCCCC(C)Nc1nc(N)nc2sccc12. The molecule has 0 radical (unpaired) electrons. The molecular weight excluding hydrogens is 244 g/mol. The number of hydrogen-bond donors (Lipinski definition) is 2. The van der Waals surface area contributed by atoms with Crippen molar-refractivity contribution in [2.45, 2.75) is 45.6 Å². The lowest BCUT2D eigenvalue weighted by Gasteiger charge is -2.15. The highest BCUT2D eigenvalue weighted by molar-refractivity contribution is 7.16. The van der Waals surface area contributed by atoms with Gasteiger partial charge in [0.2, 0.25) is 5.95 Å². The van der Waals surface area contributed by atoms with E-state index >= 15 is 0 Å². The van der Waals surface area contributed by atoms with Crippen LogP contribution in [0.15, 0.2) is 11.4 Å². The lowest BCUT2D eigenvalue weighted by atomic mass is 10.1. The third-order valence-corrected chi connectivity index (χ3v) is 3.77. The van der Waals surface area contributed by atoms with Crippen LogP contribution in [0.1, 0.15) is 39.5 Å². The highest BCUT2D eigenvalue weighted by Gasteiger charge is 2.09. The minimum absolute atomic E-state index is 0.341. The van der Waals surface area contributed by atoms with Crippen molar-refractivity contribution in [1.29, 1.82) is 0 Å². The van der Waals surface area contributed by atoms with Gasteiger partial charge >= 0.3 is 0 Å². The van der Waals surface area contributed by atoms with E-state index in [2.05, 4.69) is 29.1 Å². The maximum Gasteiger partial charge on any atom is 0.223 e. The zero-order valence-electron chi connectivity index (χ0n) is 10.9. The van der Waals surface area contributed by atoms with Gasteiger partial charge in [0.1, 0.15) is 10.6 Å². The number of nitrogen functional groups attached to an aromatic ring is 1. The zero-order chi connectivity index (χ0) is 13.0. The first-order chi connectivity index (χ1) is 8.70. The van der Waals surface area contributed by atoms with Crippen molar-refractivity contribution in [3.05, 3.63) is 11.4 Å². The molecule has 0 spiro atoms. The van der Waals surface area contributed by atoms with Crippen molar-refractivity contribution < 1.29 is 0 Å². The normalized spacial score (nSPS) is 12.8. The standard InChI is InChI=1S/C13H20N4S/c1-3-4-5-6-9(2)15-11-10-7-8-18-12(10)17-13(14)16-11/h7-9H,3-6H2,1-2H3,(H3,14,15,16,17). The van der Waals surface area contributed by atoms with Crippen LogP contribution < -0.4 is 11.1 Å². The highest BCUT2D eigenvalue weighted by atomic mass is 32.1. The molecule has 0 saturated heterocycles. The number of nitrogens with zero attached hydrogens (tertiary/aromatic N) is 2. The molecule has 2 rings (SSSR count). The molecule has 2 aromatic rings. The van der Waals surface area contributed by atoms with E-state index in [1.807, 2.05) is 11.4 Å². The average molecular weight is 264 g/mol. The molecule has 4 nitrogen and oxygen atoms in total. The number of rotatable bonds is 6. The summed E-state index contributed by atoms with van der Waals surface area (Å²) in [6.45, 7) is 4.41. The second-order valence-electron chi connectivity index (χ2n) is 4.61. The van der Waals surface area contributed by atoms with Crippen LogP contribution in [0.25, 0.3) is 10.2 Å². The van der Waals surface area contributed by atoms with Crippen LogP contribution in [-0.2, 0) is 0 Å². The Morgan fingerprint density at radius 1 is 1.39 bits per heavy atom.